The second-order valence-electron chi connectivity index (χ2n) is 18.0. The molecule has 0 spiro atoms. The van der Waals surface area contributed by atoms with Crippen LogP contribution in [0.4, 0.5) is 0 Å². The molecule has 21 nitrogen and oxygen atoms in total. The molecule has 1 fully saturated rings. The van der Waals surface area contributed by atoms with E-state index < -0.39 is 113 Å². The smallest absolute Gasteiger partial charge is 0.252 e. The van der Waals surface area contributed by atoms with Gasteiger partial charge in [-0.25, -0.2) is 4.72 Å². The van der Waals surface area contributed by atoms with Crippen LogP contribution in [0.3, 0.4) is 0 Å². The fourth-order valence-corrected chi connectivity index (χ4v) is 8.76. The van der Waals surface area contributed by atoms with Crippen molar-refractivity contribution in [2.45, 2.75) is 121 Å². The average molecular weight is 1010 g/mol. The van der Waals surface area contributed by atoms with Crippen molar-refractivity contribution in [3.63, 3.8) is 0 Å². The van der Waals surface area contributed by atoms with Crippen molar-refractivity contribution in [1.82, 2.24) is 41.2 Å². The minimum atomic E-state index is -1.35. The molecule has 5 rings (SSSR count). The number of hydrogen-bond donors (Lipinski definition) is 10. The van der Waals surface area contributed by atoms with Crippen LogP contribution < -0.4 is 48.5 Å². The van der Waals surface area contributed by atoms with Crippen LogP contribution >= 0.6 is 11.9 Å². The van der Waals surface area contributed by atoms with Gasteiger partial charge in [0.1, 0.15) is 42.3 Å². The van der Waals surface area contributed by atoms with Crippen molar-refractivity contribution >= 4 is 81.1 Å². The molecule has 0 saturated carbocycles. The number of benzene rings is 3. The Labute approximate surface area is 420 Å². The third-order valence-electron chi connectivity index (χ3n) is 12.0. The first-order valence-corrected chi connectivity index (χ1v) is 24.4. The van der Waals surface area contributed by atoms with Crippen molar-refractivity contribution in [3.05, 3.63) is 108 Å². The average Bonchev–Trinajstić information content (AvgIpc) is 3.95. The van der Waals surface area contributed by atoms with Crippen LogP contribution in [-0.4, -0.2) is 116 Å². The van der Waals surface area contributed by atoms with Crippen LogP contribution in [0, 0.1) is 5.92 Å². The third kappa shape index (κ3) is 15.5. The third-order valence-corrected chi connectivity index (χ3v) is 12.9. The maximum absolute atomic E-state index is 14.4. The predicted octanol–water partition coefficient (Wildman–Crippen LogP) is 0.0443. The Kier molecular flexibility index (Phi) is 20.2. The van der Waals surface area contributed by atoms with E-state index in [4.69, 9.17) is 17.2 Å². The van der Waals surface area contributed by atoms with E-state index in [1.54, 1.807) is 80.7 Å². The molecular formula is C50H63N11O10S. The van der Waals surface area contributed by atoms with Crippen LogP contribution in [0.5, 0.6) is 0 Å². The molecule has 72 heavy (non-hydrogen) atoms. The lowest BCUT2D eigenvalue weighted by atomic mass is 10.00. The van der Waals surface area contributed by atoms with Crippen molar-refractivity contribution in [1.29, 1.82) is 0 Å². The van der Waals surface area contributed by atoms with Crippen LogP contribution in [0.25, 0.3) is 10.9 Å². The number of amides is 9. The number of nitrogens with zero attached hydrogens (tertiary/aromatic N) is 1. The van der Waals surface area contributed by atoms with Crippen LogP contribution in [0.15, 0.2) is 91.1 Å². The fourth-order valence-electron chi connectivity index (χ4n) is 7.95. The Hall–Kier alpha value is -7.43. The van der Waals surface area contributed by atoms with Gasteiger partial charge in [-0.05, 0) is 73.7 Å². The quantitative estimate of drug-likeness (QED) is 0.0393. The highest BCUT2D eigenvalue weighted by Crippen LogP contribution is 2.26. The predicted molar refractivity (Wildman–Crippen MR) is 268 cm³/mol. The number of imide groups is 1. The van der Waals surface area contributed by atoms with Crippen LogP contribution in [0.1, 0.15) is 70.1 Å². The van der Waals surface area contributed by atoms with Crippen molar-refractivity contribution in [2.75, 3.05) is 0 Å². The van der Waals surface area contributed by atoms with Gasteiger partial charge in [0.2, 0.25) is 52.4 Å². The molecule has 22 heteroatoms. The normalized spacial score (nSPS) is 16.3. The number of para-hydroxylation sites is 1. The molecule has 1 aliphatic rings. The summed E-state index contributed by atoms with van der Waals surface area (Å²) >= 11 is 0.496. The molecule has 0 aliphatic carbocycles. The molecule has 3 aromatic carbocycles. The molecule has 1 aliphatic heterocycles. The molecular weight excluding hydrogens is 947 g/mol. The molecule has 8 atom stereocenters. The molecule has 0 radical (unpaired) electrons. The molecule has 13 N–H and O–H groups in total. The lowest BCUT2D eigenvalue weighted by Crippen LogP contribution is -2.60. The van der Waals surface area contributed by atoms with Gasteiger partial charge in [-0.1, -0.05) is 92.7 Å². The number of likely N-dealkylation sites (tertiary alicyclic amines) is 1. The number of aromatic amines is 1. The molecule has 1 saturated heterocycles. The first-order chi connectivity index (χ1) is 34.2. The van der Waals surface area contributed by atoms with Gasteiger partial charge in [0.15, 0.2) is 0 Å². The molecule has 2 heterocycles. The Bertz CT molecular complexity index is 2610. The van der Waals surface area contributed by atoms with Gasteiger partial charge in [0, 0.05) is 42.8 Å². The van der Waals surface area contributed by atoms with E-state index in [-0.39, 0.29) is 44.9 Å². The first-order valence-electron chi connectivity index (χ1n) is 23.5. The largest absolute Gasteiger partial charge is 0.370 e. The minimum absolute atomic E-state index is 0.00255. The summed E-state index contributed by atoms with van der Waals surface area (Å²) in [6.07, 6.45) is 0.946. The summed E-state index contributed by atoms with van der Waals surface area (Å²) in [5, 5.41) is 13.2. The summed E-state index contributed by atoms with van der Waals surface area (Å²) < 4.78 is 2.91. The highest BCUT2D eigenvalue weighted by atomic mass is 32.2. The Balaban J connectivity index is 1.35. The molecule has 4 aromatic rings. The SMILES string of the molecule is CC(C)[C@H](NC(=O)[C@H](Cc1ccccc1)NC(=O)[C@H](C)NC(=O)[C@H](C)N)C(=O)N1C(=O)CC[C@H]1C(=O)SN[C@@H](Cc1ccccc1)C(=O)N[C@@H](Cc1c[nH]c2ccccc12)C(=O)N[C@@H](CCC(N)=O)C(N)=O. The van der Waals surface area contributed by atoms with Gasteiger partial charge in [-0.2, -0.15) is 0 Å². The monoisotopic (exact) mass is 1010 g/mol. The lowest BCUT2D eigenvalue weighted by Gasteiger charge is -2.30. The first kappa shape index (κ1) is 55.5. The van der Waals surface area contributed by atoms with E-state index in [9.17, 15) is 47.9 Å². The van der Waals surface area contributed by atoms with Gasteiger partial charge in [0.25, 0.3) is 5.91 Å². The zero-order valence-corrected chi connectivity index (χ0v) is 41.3. The second-order valence-corrected chi connectivity index (χ2v) is 18.9. The summed E-state index contributed by atoms with van der Waals surface area (Å²) in [6, 6.07) is 15.1. The van der Waals surface area contributed by atoms with E-state index in [1.807, 2.05) is 24.3 Å². The lowest BCUT2D eigenvalue weighted by molar-refractivity contribution is -0.149. The van der Waals surface area contributed by atoms with E-state index in [0.29, 0.717) is 28.6 Å². The van der Waals surface area contributed by atoms with E-state index in [1.165, 1.54) is 13.8 Å². The van der Waals surface area contributed by atoms with Crippen LogP contribution in [-0.2, 0) is 67.2 Å². The van der Waals surface area contributed by atoms with Crippen LogP contribution in [0.2, 0.25) is 0 Å². The van der Waals surface area contributed by atoms with Crippen molar-refractivity contribution < 1.29 is 47.9 Å². The highest BCUT2D eigenvalue weighted by Gasteiger charge is 2.45. The standard InChI is InChI=1S/C50H63N11O10S/c1-27(2)42(59-47(68)36(23-30-13-7-5-8-14-30)57-45(66)29(4)55-44(65)28(3)51)49(70)61-39(20-22-41(61)63)50(71)72-60-38(24-31-15-9-6-10-16-31)48(69)58-37(25-32-26-54-34-18-12-11-17-33(32)34)46(67)56-35(43(53)64)19-21-40(52)62/h5-18,26-29,35-39,42,54,60H,19-25,51H2,1-4H3,(H2,52,62)(H2,53,64)(H,55,65)(H,56,67)(H,57,66)(H,58,69)(H,59,68)/t28-,29-,35-,36-,37-,38-,39-,42-/m0/s1. The van der Waals surface area contributed by atoms with Gasteiger partial charge in [-0.15, -0.1) is 0 Å². The Morgan fingerprint density at radius 3 is 1.81 bits per heavy atom. The summed E-state index contributed by atoms with van der Waals surface area (Å²) in [5.41, 5.74) is 19.3. The number of rotatable bonds is 25. The summed E-state index contributed by atoms with van der Waals surface area (Å²) in [6.45, 7) is 6.16. The summed E-state index contributed by atoms with van der Waals surface area (Å²) in [5.74, 6) is -7.36. The number of hydrogen-bond acceptors (Lipinski definition) is 13. The minimum Gasteiger partial charge on any atom is -0.370 e. The number of nitrogens with two attached hydrogens (primary N) is 3. The number of carbonyl (C=O) groups is 10. The Morgan fingerprint density at radius 1 is 0.667 bits per heavy atom. The number of primary amides is 2. The molecule has 0 unspecified atom stereocenters. The van der Waals surface area contributed by atoms with Gasteiger partial charge in [-0.3, -0.25) is 52.8 Å². The second kappa shape index (κ2) is 26.1. The Morgan fingerprint density at radius 2 is 1.21 bits per heavy atom. The van der Waals surface area contributed by atoms with Crippen molar-refractivity contribution in [2.24, 2.45) is 23.1 Å². The molecule has 384 valence electrons. The van der Waals surface area contributed by atoms with E-state index in [2.05, 4.69) is 36.3 Å². The van der Waals surface area contributed by atoms with E-state index in [0.717, 1.165) is 15.8 Å². The maximum atomic E-state index is 14.4. The summed E-state index contributed by atoms with van der Waals surface area (Å²) in [7, 11) is 0. The molecule has 1 aromatic heterocycles. The maximum Gasteiger partial charge on any atom is 0.252 e. The van der Waals surface area contributed by atoms with Gasteiger partial charge < -0.3 is 48.8 Å². The zero-order chi connectivity index (χ0) is 52.6. The number of carbonyl (C=O) groups excluding carboxylic acids is 10. The summed E-state index contributed by atoms with van der Waals surface area (Å²) in [4.78, 5) is 138. The zero-order valence-electron chi connectivity index (χ0n) is 40.5. The topological polar surface area (TPSA) is 340 Å². The molecule has 9 amide bonds. The van der Waals surface area contributed by atoms with E-state index >= 15 is 0 Å². The van der Waals surface area contributed by atoms with Crippen molar-refractivity contribution in [3.8, 4) is 0 Å². The number of nitrogens with one attached hydrogen (secondary N) is 7. The van der Waals surface area contributed by atoms with Gasteiger partial charge in [0.05, 0.1) is 6.04 Å². The molecule has 0 bridgehead atoms. The number of aromatic nitrogens is 1. The number of fused-ring (bicyclic) bond motifs is 1. The highest BCUT2D eigenvalue weighted by molar-refractivity contribution is 8.12. The van der Waals surface area contributed by atoms with Gasteiger partial charge >= 0.3 is 0 Å². The fraction of sp³-hybridized carbons (Fsp3) is 0.400. The number of H-pyrrole nitrogens is 1.